The number of aryl methyl sites for hydroxylation is 1. The molecular weight excluding hydrogens is 257 g/mol. The molecule has 0 spiro atoms. The van der Waals surface area contributed by atoms with Gasteiger partial charge in [-0.15, -0.1) is 0 Å². The smallest absolute Gasteiger partial charge is 0.266 e. The molecule has 0 aliphatic rings. The summed E-state index contributed by atoms with van der Waals surface area (Å²) in [5.74, 6) is 0.318. The third-order valence-corrected chi connectivity index (χ3v) is 3.19. The van der Waals surface area contributed by atoms with E-state index in [0.29, 0.717) is 12.4 Å². The summed E-state index contributed by atoms with van der Waals surface area (Å²) in [4.78, 5) is 11.7. The van der Waals surface area contributed by atoms with Crippen molar-refractivity contribution < 1.29 is 4.39 Å². The summed E-state index contributed by atoms with van der Waals surface area (Å²) in [6.45, 7) is 2.56. The fraction of sp³-hybridized carbons (Fsp3) is 0.200. The van der Waals surface area contributed by atoms with E-state index in [-0.39, 0.29) is 11.4 Å². The Morgan fingerprint density at radius 2 is 2.05 bits per heavy atom. The van der Waals surface area contributed by atoms with E-state index in [9.17, 15) is 9.18 Å². The van der Waals surface area contributed by atoms with E-state index in [2.05, 4.69) is 5.10 Å². The van der Waals surface area contributed by atoms with Crippen LogP contribution in [0.5, 0.6) is 0 Å². The van der Waals surface area contributed by atoms with Gasteiger partial charge in [0.2, 0.25) is 0 Å². The van der Waals surface area contributed by atoms with Gasteiger partial charge in [-0.25, -0.2) is 9.07 Å². The van der Waals surface area contributed by atoms with Crippen LogP contribution in [0.4, 0.5) is 4.39 Å². The van der Waals surface area contributed by atoms with Crippen molar-refractivity contribution in [3.63, 3.8) is 0 Å². The molecule has 0 aliphatic heterocycles. The zero-order valence-corrected chi connectivity index (χ0v) is 11.1. The molecule has 0 amide bonds. The second-order valence-electron chi connectivity index (χ2n) is 4.64. The molecule has 0 bridgehead atoms. The number of hydrogen-bond acceptors (Lipinski definition) is 2. The lowest BCUT2D eigenvalue weighted by Crippen LogP contribution is -2.23. The maximum absolute atomic E-state index is 13.4. The van der Waals surface area contributed by atoms with Crippen molar-refractivity contribution in [2.75, 3.05) is 0 Å². The van der Waals surface area contributed by atoms with Gasteiger partial charge in [0.05, 0.1) is 5.52 Å². The number of hydrogen-bond donors (Lipinski definition) is 0. The first kappa shape index (κ1) is 12.6. The highest BCUT2D eigenvalue weighted by Crippen LogP contribution is 2.19. The fourth-order valence-electron chi connectivity index (χ4n) is 2.24. The molecule has 20 heavy (non-hydrogen) atoms. The second kappa shape index (κ2) is 4.92. The highest BCUT2D eigenvalue weighted by atomic mass is 19.1. The Balaban J connectivity index is 2.18. The minimum Gasteiger partial charge on any atom is -0.300 e. The van der Waals surface area contributed by atoms with Crippen LogP contribution in [0, 0.1) is 5.82 Å². The zero-order chi connectivity index (χ0) is 14.1. The summed E-state index contributed by atoms with van der Waals surface area (Å²) in [5, 5.41) is 5.26. The number of rotatable bonds is 3. The van der Waals surface area contributed by atoms with Crippen LogP contribution in [-0.2, 0) is 6.54 Å². The van der Waals surface area contributed by atoms with Crippen LogP contribution in [0.1, 0.15) is 13.3 Å². The van der Waals surface area contributed by atoms with Crippen LogP contribution in [-0.4, -0.2) is 14.3 Å². The van der Waals surface area contributed by atoms with Crippen molar-refractivity contribution in [2.45, 2.75) is 19.9 Å². The normalized spacial score (nSPS) is 11.1. The lowest BCUT2D eigenvalue weighted by atomic mass is 10.2. The van der Waals surface area contributed by atoms with E-state index < -0.39 is 0 Å². The lowest BCUT2D eigenvalue weighted by molar-refractivity contribution is 0.562. The maximum Gasteiger partial charge on any atom is 0.266 e. The van der Waals surface area contributed by atoms with Gasteiger partial charge < -0.3 is 0 Å². The van der Waals surface area contributed by atoms with Crippen LogP contribution >= 0.6 is 0 Å². The highest BCUT2D eigenvalue weighted by molar-refractivity contribution is 5.81. The molecule has 2 aromatic heterocycles. The molecule has 1 aromatic carbocycles. The quantitative estimate of drug-likeness (QED) is 0.735. The van der Waals surface area contributed by atoms with Gasteiger partial charge >= 0.3 is 0 Å². The predicted molar refractivity (Wildman–Crippen MR) is 75.6 cm³/mol. The van der Waals surface area contributed by atoms with Gasteiger partial charge in [-0.2, -0.15) is 5.10 Å². The number of fused-ring (bicyclic) bond motifs is 1. The van der Waals surface area contributed by atoms with E-state index in [4.69, 9.17) is 0 Å². The molecule has 0 atom stereocenters. The van der Waals surface area contributed by atoms with E-state index in [1.807, 2.05) is 19.2 Å². The van der Waals surface area contributed by atoms with Gasteiger partial charge in [0, 0.05) is 24.2 Å². The molecular formula is C15H14FN3O. The van der Waals surface area contributed by atoms with Crippen molar-refractivity contribution in [1.29, 1.82) is 0 Å². The first-order valence-corrected chi connectivity index (χ1v) is 6.54. The Morgan fingerprint density at radius 3 is 2.85 bits per heavy atom. The van der Waals surface area contributed by atoms with E-state index in [1.54, 1.807) is 16.7 Å². The average molecular weight is 271 g/mol. The lowest BCUT2D eigenvalue weighted by Gasteiger charge is -2.08. The van der Waals surface area contributed by atoms with Gasteiger partial charge in [0.25, 0.3) is 5.56 Å². The fourth-order valence-corrected chi connectivity index (χ4v) is 2.24. The standard InChI is InChI=1S/C15H14FN3O/c1-2-8-19-15(20)6-5-14(17-19)18-9-7-11-3-4-12(16)10-13(11)18/h3-7,9-10H,2,8H2,1H3. The van der Waals surface area contributed by atoms with Gasteiger partial charge in [-0.3, -0.25) is 9.36 Å². The summed E-state index contributed by atoms with van der Waals surface area (Å²) in [6, 6.07) is 9.65. The molecule has 102 valence electrons. The van der Waals surface area contributed by atoms with Gasteiger partial charge in [0.15, 0.2) is 5.82 Å². The zero-order valence-electron chi connectivity index (χ0n) is 11.1. The minimum atomic E-state index is -0.292. The Morgan fingerprint density at radius 1 is 1.20 bits per heavy atom. The summed E-state index contributed by atoms with van der Waals surface area (Å²) < 4.78 is 16.6. The predicted octanol–water partition coefficient (Wildman–Crippen LogP) is 2.74. The summed E-state index contributed by atoms with van der Waals surface area (Å²) >= 11 is 0. The van der Waals surface area contributed by atoms with Crippen molar-refractivity contribution in [1.82, 2.24) is 14.3 Å². The third kappa shape index (κ3) is 2.11. The molecule has 0 aliphatic carbocycles. The van der Waals surface area contributed by atoms with Crippen molar-refractivity contribution in [3.8, 4) is 5.82 Å². The Kier molecular flexibility index (Phi) is 3.10. The number of halogens is 1. The summed E-state index contributed by atoms with van der Waals surface area (Å²) in [6.07, 6.45) is 2.66. The van der Waals surface area contributed by atoms with Crippen molar-refractivity contribution in [2.24, 2.45) is 0 Å². The Bertz CT molecular complexity index is 819. The van der Waals surface area contributed by atoms with E-state index >= 15 is 0 Å². The molecule has 0 unspecified atom stereocenters. The average Bonchev–Trinajstić information content (AvgIpc) is 2.84. The van der Waals surface area contributed by atoms with Crippen LogP contribution in [0.25, 0.3) is 16.7 Å². The van der Waals surface area contributed by atoms with Gasteiger partial charge in [-0.05, 0) is 36.8 Å². The van der Waals surface area contributed by atoms with Crippen LogP contribution in [0.3, 0.4) is 0 Å². The number of aromatic nitrogens is 3. The molecule has 2 heterocycles. The van der Waals surface area contributed by atoms with E-state index in [1.165, 1.54) is 22.9 Å². The SMILES string of the molecule is CCCn1nc(-n2ccc3ccc(F)cc32)ccc1=O. The third-order valence-electron chi connectivity index (χ3n) is 3.19. The Labute approximate surface area is 115 Å². The summed E-state index contributed by atoms with van der Waals surface area (Å²) in [7, 11) is 0. The first-order chi connectivity index (χ1) is 9.69. The molecule has 4 nitrogen and oxygen atoms in total. The van der Waals surface area contributed by atoms with Crippen LogP contribution in [0.15, 0.2) is 47.4 Å². The van der Waals surface area contributed by atoms with Crippen molar-refractivity contribution in [3.05, 3.63) is 58.8 Å². The van der Waals surface area contributed by atoms with Crippen molar-refractivity contribution >= 4 is 10.9 Å². The molecule has 0 saturated heterocycles. The van der Waals surface area contributed by atoms with Gasteiger partial charge in [-0.1, -0.05) is 6.92 Å². The molecule has 5 heteroatoms. The number of benzene rings is 1. The molecule has 0 N–H and O–H groups in total. The van der Waals surface area contributed by atoms with Crippen LogP contribution in [0.2, 0.25) is 0 Å². The molecule has 0 fully saturated rings. The first-order valence-electron chi connectivity index (χ1n) is 6.54. The molecule has 0 saturated carbocycles. The number of nitrogens with zero attached hydrogens (tertiary/aromatic N) is 3. The summed E-state index contributed by atoms with van der Waals surface area (Å²) in [5.41, 5.74) is 0.609. The minimum absolute atomic E-state index is 0.127. The molecule has 3 rings (SSSR count). The Hall–Kier alpha value is -2.43. The highest BCUT2D eigenvalue weighted by Gasteiger charge is 2.07. The maximum atomic E-state index is 13.4. The van der Waals surface area contributed by atoms with Gasteiger partial charge in [0.1, 0.15) is 5.82 Å². The van der Waals surface area contributed by atoms with Crippen LogP contribution < -0.4 is 5.56 Å². The van der Waals surface area contributed by atoms with E-state index in [0.717, 1.165) is 17.3 Å². The second-order valence-corrected chi connectivity index (χ2v) is 4.64. The molecule has 0 radical (unpaired) electrons. The topological polar surface area (TPSA) is 39.8 Å². The largest absolute Gasteiger partial charge is 0.300 e. The monoisotopic (exact) mass is 271 g/mol. The molecule has 3 aromatic rings.